The number of hydrogen-bond donors (Lipinski definition) is 1. The van der Waals surface area contributed by atoms with Crippen LogP contribution >= 0.6 is 0 Å². The minimum atomic E-state index is 0.225. The molecule has 1 heterocycles. The van der Waals surface area contributed by atoms with Gasteiger partial charge < -0.3 is 15.0 Å². The number of benzene rings is 1. The van der Waals surface area contributed by atoms with Crippen molar-refractivity contribution in [2.24, 2.45) is 11.8 Å². The first-order valence-corrected chi connectivity index (χ1v) is 8.15. The first-order valence-electron chi connectivity index (χ1n) is 8.15. The lowest BCUT2D eigenvalue weighted by molar-refractivity contribution is 0.242. The van der Waals surface area contributed by atoms with Gasteiger partial charge in [0.25, 0.3) is 0 Å². The van der Waals surface area contributed by atoms with Gasteiger partial charge in [0.05, 0.1) is 6.10 Å². The Labute approximate surface area is 129 Å². The van der Waals surface area contributed by atoms with Crippen molar-refractivity contribution in [1.82, 2.24) is 10.2 Å². The zero-order chi connectivity index (χ0) is 15.4. The van der Waals surface area contributed by atoms with E-state index >= 15 is 0 Å². The molecule has 1 fully saturated rings. The van der Waals surface area contributed by atoms with Crippen molar-refractivity contribution in [2.45, 2.75) is 39.8 Å². The summed E-state index contributed by atoms with van der Waals surface area (Å²) in [6.45, 7) is 12.3. The van der Waals surface area contributed by atoms with Crippen LogP contribution in [0.25, 0.3) is 0 Å². The molecule has 118 valence electrons. The molecule has 1 aliphatic heterocycles. The fourth-order valence-electron chi connectivity index (χ4n) is 3.07. The summed E-state index contributed by atoms with van der Waals surface area (Å²) in [4.78, 5) is 2.58. The summed E-state index contributed by atoms with van der Waals surface area (Å²) in [6.07, 6.45) is 0.225. The topological polar surface area (TPSA) is 24.5 Å². The summed E-state index contributed by atoms with van der Waals surface area (Å²) < 4.78 is 5.71. The van der Waals surface area contributed by atoms with Crippen LogP contribution in [-0.4, -0.2) is 37.7 Å². The van der Waals surface area contributed by atoms with Crippen LogP contribution in [0.3, 0.4) is 0 Å². The Morgan fingerprint density at radius 1 is 1.14 bits per heavy atom. The minimum Gasteiger partial charge on any atom is -0.491 e. The Morgan fingerprint density at radius 2 is 1.71 bits per heavy atom. The number of hydrogen-bond acceptors (Lipinski definition) is 3. The predicted octanol–water partition coefficient (Wildman–Crippen LogP) is 3.32. The third-order valence-corrected chi connectivity index (χ3v) is 4.51. The summed E-state index contributed by atoms with van der Waals surface area (Å²) in [5.41, 5.74) is 1.33. The predicted molar refractivity (Wildman–Crippen MR) is 88.8 cm³/mol. The molecule has 0 spiro atoms. The molecule has 2 rings (SSSR count). The van der Waals surface area contributed by atoms with Gasteiger partial charge in [0, 0.05) is 25.7 Å². The van der Waals surface area contributed by atoms with Gasteiger partial charge in [-0.1, -0.05) is 26.0 Å². The van der Waals surface area contributed by atoms with Crippen LogP contribution in [0.2, 0.25) is 0 Å². The molecule has 1 aromatic carbocycles. The van der Waals surface area contributed by atoms with E-state index in [1.807, 2.05) is 7.05 Å². The van der Waals surface area contributed by atoms with Crippen molar-refractivity contribution in [3.05, 3.63) is 29.8 Å². The number of likely N-dealkylation sites (N-methyl/N-ethyl adjacent to an activating group) is 1. The van der Waals surface area contributed by atoms with Crippen molar-refractivity contribution in [3.8, 4) is 5.75 Å². The summed E-state index contributed by atoms with van der Waals surface area (Å²) in [5, 5.41) is 3.45. The van der Waals surface area contributed by atoms with Gasteiger partial charge in [-0.25, -0.2) is 0 Å². The molecule has 0 aliphatic carbocycles. The van der Waals surface area contributed by atoms with Crippen molar-refractivity contribution in [1.29, 1.82) is 0 Å². The highest BCUT2D eigenvalue weighted by Gasteiger charge is 2.27. The molecule has 1 aliphatic rings. The largest absolute Gasteiger partial charge is 0.491 e. The van der Waals surface area contributed by atoms with Crippen LogP contribution in [0, 0.1) is 11.8 Å². The highest BCUT2D eigenvalue weighted by molar-refractivity contribution is 5.29. The fourth-order valence-corrected chi connectivity index (χ4v) is 3.07. The van der Waals surface area contributed by atoms with Gasteiger partial charge in [0.1, 0.15) is 5.75 Å². The Hall–Kier alpha value is -1.06. The molecule has 3 atom stereocenters. The maximum absolute atomic E-state index is 5.71. The van der Waals surface area contributed by atoms with E-state index in [1.54, 1.807) is 0 Å². The van der Waals surface area contributed by atoms with E-state index in [-0.39, 0.29) is 6.10 Å². The van der Waals surface area contributed by atoms with Crippen molar-refractivity contribution in [3.63, 3.8) is 0 Å². The molecular weight excluding hydrogens is 260 g/mol. The number of rotatable bonds is 6. The van der Waals surface area contributed by atoms with Crippen LogP contribution in [0.5, 0.6) is 5.75 Å². The second-order valence-electron chi connectivity index (χ2n) is 6.75. The normalized spacial score (nSPS) is 24.5. The quantitative estimate of drug-likeness (QED) is 0.870. The number of ether oxygens (including phenoxy) is 1. The van der Waals surface area contributed by atoms with Gasteiger partial charge in [0.15, 0.2) is 0 Å². The van der Waals surface area contributed by atoms with E-state index in [2.05, 4.69) is 62.2 Å². The Kier molecular flexibility index (Phi) is 5.65. The monoisotopic (exact) mass is 290 g/mol. The molecule has 21 heavy (non-hydrogen) atoms. The van der Waals surface area contributed by atoms with Crippen molar-refractivity contribution < 1.29 is 4.74 Å². The van der Waals surface area contributed by atoms with Crippen LogP contribution in [0.1, 0.15) is 39.3 Å². The van der Waals surface area contributed by atoms with E-state index in [4.69, 9.17) is 4.74 Å². The Morgan fingerprint density at radius 3 is 2.19 bits per heavy atom. The molecule has 0 amide bonds. The average molecular weight is 290 g/mol. The van der Waals surface area contributed by atoms with E-state index in [9.17, 15) is 0 Å². The second kappa shape index (κ2) is 7.28. The lowest BCUT2D eigenvalue weighted by Crippen LogP contribution is -2.32. The van der Waals surface area contributed by atoms with Gasteiger partial charge >= 0.3 is 0 Å². The van der Waals surface area contributed by atoms with Gasteiger partial charge in [-0.3, -0.25) is 0 Å². The average Bonchev–Trinajstić information content (AvgIpc) is 2.75. The van der Waals surface area contributed by atoms with Crippen LogP contribution in [0.4, 0.5) is 0 Å². The molecular formula is C18H30N2O. The SMILES string of the molecule is CNC(CN1CC(C)C(C)C1)c1ccc(OC(C)C)cc1. The van der Waals surface area contributed by atoms with Gasteiger partial charge in [-0.2, -0.15) is 0 Å². The molecule has 3 nitrogen and oxygen atoms in total. The first-order chi connectivity index (χ1) is 9.99. The fraction of sp³-hybridized carbons (Fsp3) is 0.667. The standard InChI is InChI=1S/C18H30N2O/c1-13(2)21-17-8-6-16(7-9-17)18(19-5)12-20-10-14(3)15(4)11-20/h6-9,13-15,18-19H,10-12H2,1-5H3. The highest BCUT2D eigenvalue weighted by Crippen LogP contribution is 2.25. The Balaban J connectivity index is 1.97. The van der Waals surface area contributed by atoms with Crippen LogP contribution < -0.4 is 10.1 Å². The zero-order valence-corrected chi connectivity index (χ0v) is 14.1. The molecule has 1 saturated heterocycles. The summed E-state index contributed by atoms with van der Waals surface area (Å²) in [5.74, 6) is 2.57. The van der Waals surface area contributed by atoms with E-state index < -0.39 is 0 Å². The van der Waals surface area contributed by atoms with Gasteiger partial charge in [0.2, 0.25) is 0 Å². The lowest BCUT2D eigenvalue weighted by Gasteiger charge is -2.24. The van der Waals surface area contributed by atoms with Crippen LogP contribution in [0.15, 0.2) is 24.3 Å². The minimum absolute atomic E-state index is 0.225. The maximum atomic E-state index is 5.71. The third kappa shape index (κ3) is 4.45. The maximum Gasteiger partial charge on any atom is 0.119 e. The second-order valence-corrected chi connectivity index (χ2v) is 6.75. The number of likely N-dealkylation sites (tertiary alicyclic amines) is 1. The summed E-state index contributed by atoms with van der Waals surface area (Å²) in [6, 6.07) is 8.91. The lowest BCUT2D eigenvalue weighted by atomic mass is 10.0. The van der Waals surface area contributed by atoms with E-state index in [0.29, 0.717) is 6.04 Å². The molecule has 0 bridgehead atoms. The van der Waals surface area contributed by atoms with Crippen molar-refractivity contribution >= 4 is 0 Å². The molecule has 3 unspecified atom stereocenters. The molecule has 1 aromatic rings. The first kappa shape index (κ1) is 16.3. The molecule has 0 saturated carbocycles. The molecule has 1 N–H and O–H groups in total. The number of nitrogens with one attached hydrogen (secondary N) is 1. The third-order valence-electron chi connectivity index (χ3n) is 4.51. The van der Waals surface area contributed by atoms with Gasteiger partial charge in [-0.05, 0) is 50.4 Å². The van der Waals surface area contributed by atoms with Crippen LogP contribution in [-0.2, 0) is 0 Å². The summed E-state index contributed by atoms with van der Waals surface area (Å²) >= 11 is 0. The van der Waals surface area contributed by atoms with E-state index in [1.165, 1.54) is 18.7 Å². The Bertz CT molecular complexity index is 419. The number of nitrogens with zero attached hydrogens (tertiary/aromatic N) is 1. The van der Waals surface area contributed by atoms with E-state index in [0.717, 1.165) is 24.1 Å². The molecule has 0 radical (unpaired) electrons. The molecule has 3 heteroatoms. The highest BCUT2D eigenvalue weighted by atomic mass is 16.5. The summed E-state index contributed by atoms with van der Waals surface area (Å²) in [7, 11) is 2.05. The van der Waals surface area contributed by atoms with Crippen molar-refractivity contribution in [2.75, 3.05) is 26.7 Å². The smallest absolute Gasteiger partial charge is 0.119 e. The zero-order valence-electron chi connectivity index (χ0n) is 14.1. The molecule has 0 aromatic heterocycles. The van der Waals surface area contributed by atoms with Gasteiger partial charge in [-0.15, -0.1) is 0 Å².